The van der Waals surface area contributed by atoms with Crippen LogP contribution in [0.2, 0.25) is 0 Å². The fraction of sp³-hybridized carbons (Fsp3) is 0.282. The van der Waals surface area contributed by atoms with E-state index < -0.39 is 60.6 Å². The molecule has 61 heavy (non-hydrogen) atoms. The molecule has 0 fully saturated rings. The van der Waals surface area contributed by atoms with Gasteiger partial charge in [0.05, 0.1) is 29.2 Å². The maximum Gasteiger partial charge on any atom is 0.339 e. The summed E-state index contributed by atoms with van der Waals surface area (Å²) in [4.78, 5) is 85.1. The number of carbonyl (C=O) groups excluding carboxylic acids is 4. The van der Waals surface area contributed by atoms with Gasteiger partial charge in [-0.3, -0.25) is 33.6 Å². The van der Waals surface area contributed by atoms with Crippen molar-refractivity contribution in [3.63, 3.8) is 0 Å². The second-order valence-electron chi connectivity index (χ2n) is 13.5. The van der Waals surface area contributed by atoms with Crippen LogP contribution in [0.15, 0.2) is 64.9 Å². The minimum absolute atomic E-state index is 0.0170. The first kappa shape index (κ1) is 46.8. The van der Waals surface area contributed by atoms with Gasteiger partial charge in [-0.25, -0.2) is 33.1 Å². The molecule has 0 saturated carbocycles. The van der Waals surface area contributed by atoms with E-state index in [0.29, 0.717) is 30.1 Å². The Labute approximate surface area is 345 Å². The van der Waals surface area contributed by atoms with Crippen molar-refractivity contribution in [1.82, 2.24) is 10.4 Å². The van der Waals surface area contributed by atoms with Gasteiger partial charge in [0, 0.05) is 48.0 Å². The number of pyridine rings is 1. The van der Waals surface area contributed by atoms with Crippen LogP contribution >= 0.6 is 7.37 Å². The van der Waals surface area contributed by atoms with Gasteiger partial charge in [0.2, 0.25) is 0 Å². The van der Waals surface area contributed by atoms with Crippen LogP contribution in [-0.4, -0.2) is 93.5 Å². The number of carboxylic acid groups (broad SMARTS) is 2. The zero-order valence-corrected chi connectivity index (χ0v) is 33.4. The average molecular weight is 870 g/mol. The van der Waals surface area contributed by atoms with Crippen molar-refractivity contribution in [1.29, 1.82) is 0 Å². The third-order valence-corrected chi connectivity index (χ3v) is 9.94. The van der Waals surface area contributed by atoms with Crippen molar-refractivity contribution in [3.8, 4) is 18.1 Å². The number of urea groups is 1. The molecule has 5 amide bonds. The third kappa shape index (κ3) is 12.3. The third-order valence-electron chi connectivity index (χ3n) is 8.85. The SMILES string of the molecule is C#CCN1C(=O)COc2cc(F)c(N3C(=O)C4=C(CCCC4)C3=O)cc21.C/C(=N\NC(=O)Nc1cc(F)cc(F)c1)c1ncccc1C(=O)O.CP(=O)(O)CCC(N)C(=O)O. The number of imide groups is 1. The molecule has 22 heteroatoms. The van der Waals surface area contributed by atoms with E-state index in [0.717, 1.165) is 35.9 Å². The normalized spacial score (nSPS) is 16.0. The van der Waals surface area contributed by atoms with Crippen molar-refractivity contribution in [3.05, 3.63) is 88.5 Å². The Morgan fingerprint density at radius 1 is 1.03 bits per heavy atom. The monoisotopic (exact) mass is 869 g/mol. The highest BCUT2D eigenvalue weighted by atomic mass is 31.2. The number of aromatic carboxylic acids is 1. The number of rotatable bonds is 10. The molecule has 3 aliphatic rings. The summed E-state index contributed by atoms with van der Waals surface area (Å²) >= 11 is 0. The summed E-state index contributed by atoms with van der Waals surface area (Å²) in [6.07, 6.45) is 9.40. The van der Waals surface area contributed by atoms with Gasteiger partial charge < -0.3 is 30.9 Å². The van der Waals surface area contributed by atoms with Crippen LogP contribution < -0.4 is 31.0 Å². The van der Waals surface area contributed by atoms with Gasteiger partial charge in [-0.2, -0.15) is 5.10 Å². The molecule has 2 unspecified atom stereocenters. The Balaban J connectivity index is 0.000000218. The van der Waals surface area contributed by atoms with Crippen LogP contribution in [0.3, 0.4) is 0 Å². The molecule has 0 saturated heterocycles. The number of halogens is 3. The zero-order chi connectivity index (χ0) is 45.2. The van der Waals surface area contributed by atoms with Crippen molar-refractivity contribution in [2.75, 3.05) is 41.1 Å². The predicted molar refractivity (Wildman–Crippen MR) is 214 cm³/mol. The van der Waals surface area contributed by atoms with Crippen LogP contribution in [0.1, 0.15) is 55.1 Å². The van der Waals surface area contributed by atoms with Gasteiger partial charge in [0.15, 0.2) is 19.8 Å². The van der Waals surface area contributed by atoms with Gasteiger partial charge in [0.1, 0.15) is 29.1 Å². The molecule has 0 bridgehead atoms. The summed E-state index contributed by atoms with van der Waals surface area (Å²) < 4.78 is 56.6. The highest BCUT2D eigenvalue weighted by molar-refractivity contribution is 7.57. The van der Waals surface area contributed by atoms with Crippen molar-refractivity contribution >= 4 is 65.8 Å². The van der Waals surface area contributed by atoms with Crippen molar-refractivity contribution in [2.24, 2.45) is 10.8 Å². The van der Waals surface area contributed by atoms with E-state index in [1.165, 1.54) is 42.9 Å². The number of carbonyl (C=O) groups is 6. The van der Waals surface area contributed by atoms with Gasteiger partial charge in [-0.1, -0.05) is 5.92 Å². The quantitative estimate of drug-likeness (QED) is 0.0549. The van der Waals surface area contributed by atoms with Crippen LogP contribution in [0, 0.1) is 29.8 Å². The Hall–Kier alpha value is -6.88. The second kappa shape index (κ2) is 20.4. The van der Waals surface area contributed by atoms with Crippen LogP contribution in [0.5, 0.6) is 5.75 Å². The molecular weight excluding hydrogens is 830 g/mol. The lowest BCUT2D eigenvalue weighted by molar-refractivity contribution is -0.138. The highest BCUT2D eigenvalue weighted by Gasteiger charge is 2.41. The number of fused-ring (bicyclic) bond motifs is 1. The fourth-order valence-corrected chi connectivity index (χ4v) is 6.70. The Kier molecular flexibility index (Phi) is 15.6. The molecule has 2 atom stereocenters. The molecule has 3 aromatic rings. The molecule has 1 aliphatic carbocycles. The number of nitrogens with two attached hydrogens (primary N) is 1. The average Bonchev–Trinajstić information content (AvgIpc) is 3.45. The first-order valence-corrected chi connectivity index (χ1v) is 20.4. The number of hydrogen-bond donors (Lipinski definition) is 6. The molecule has 7 N–H and O–H groups in total. The van der Waals surface area contributed by atoms with Crippen molar-refractivity contribution < 1.29 is 66.3 Å². The molecule has 3 heterocycles. The van der Waals surface area contributed by atoms with E-state index in [2.05, 4.69) is 26.7 Å². The summed E-state index contributed by atoms with van der Waals surface area (Å²) in [7, 11) is -3.10. The van der Waals surface area contributed by atoms with E-state index in [-0.39, 0.29) is 71.4 Å². The number of benzene rings is 2. The Morgan fingerprint density at radius 3 is 2.21 bits per heavy atom. The number of aliphatic carboxylic acids is 1. The van der Waals surface area contributed by atoms with E-state index in [4.69, 9.17) is 32.0 Å². The van der Waals surface area contributed by atoms with E-state index in [1.54, 1.807) is 0 Å². The van der Waals surface area contributed by atoms with Crippen LogP contribution in [0.4, 0.5) is 35.0 Å². The lowest BCUT2D eigenvalue weighted by Crippen LogP contribution is -2.39. The van der Waals surface area contributed by atoms with Gasteiger partial charge in [0.25, 0.3) is 17.7 Å². The number of nitrogens with zero attached hydrogens (tertiary/aromatic N) is 4. The number of anilines is 3. The van der Waals surface area contributed by atoms with Crippen LogP contribution in [0.25, 0.3) is 0 Å². The minimum Gasteiger partial charge on any atom is -0.481 e. The number of aromatic nitrogens is 1. The Morgan fingerprint density at radius 2 is 1.66 bits per heavy atom. The number of amides is 5. The molecule has 2 aliphatic heterocycles. The number of terminal acetylenes is 1. The standard InChI is InChI=1S/C19H15FN2O4.C15H12F2N4O3.C5H12NO4P/c1-2-7-21-15-9-14(13(20)8-16(15)26-10-17(21)23)22-18(24)11-5-3-4-6-12(11)19(22)25;1-8(13-12(14(22)23)3-2-4-18-13)20-21-15(24)19-11-6-9(16)5-10(17)7-11;1-11(9,10)3-2-4(6)5(7)8/h1,8-9H,3-7,10H2;2-7H,1H3,(H,22,23)(H2,19,21,24);4H,2-3,6H2,1H3,(H,7,8)(H,9,10)/b;20-8+;. The maximum atomic E-state index is 14.7. The smallest absolute Gasteiger partial charge is 0.339 e. The minimum atomic E-state index is -3.10. The summed E-state index contributed by atoms with van der Waals surface area (Å²) in [5.41, 5.74) is 8.24. The van der Waals surface area contributed by atoms with E-state index in [1.807, 2.05) is 0 Å². The molecule has 0 spiro atoms. The van der Waals surface area contributed by atoms with E-state index in [9.17, 15) is 46.5 Å². The molecule has 2 aromatic carbocycles. The largest absolute Gasteiger partial charge is 0.481 e. The molecular formula is C39H39F3N7O11P. The number of hydrogen-bond acceptors (Lipinski definition) is 11. The summed E-state index contributed by atoms with van der Waals surface area (Å²) in [6, 6.07) is 5.81. The van der Waals surface area contributed by atoms with Crippen LogP contribution in [-0.2, 0) is 23.7 Å². The Bertz CT molecular complexity index is 2370. The number of nitrogens with one attached hydrogen (secondary N) is 2. The summed E-state index contributed by atoms with van der Waals surface area (Å²) in [6.45, 7) is 2.38. The van der Waals surface area contributed by atoms with Gasteiger partial charge >= 0.3 is 18.0 Å². The first-order chi connectivity index (χ1) is 28.7. The fourth-order valence-electron chi connectivity index (χ4n) is 5.95. The molecule has 6 rings (SSSR count). The van der Waals surface area contributed by atoms with E-state index >= 15 is 0 Å². The highest BCUT2D eigenvalue weighted by Crippen LogP contribution is 2.42. The molecule has 18 nitrogen and oxygen atoms in total. The lowest BCUT2D eigenvalue weighted by Gasteiger charge is -2.29. The van der Waals surface area contributed by atoms with Gasteiger partial charge in [-0.05, 0) is 69.4 Å². The number of hydrazone groups is 1. The maximum absolute atomic E-state index is 14.7. The summed E-state index contributed by atoms with van der Waals surface area (Å²) in [5, 5.41) is 23.3. The molecule has 322 valence electrons. The topological polar surface area (TPSA) is 271 Å². The number of carboxylic acids is 2. The summed E-state index contributed by atoms with van der Waals surface area (Å²) in [5.74, 6) is -3.61. The molecule has 0 radical (unpaired) electrons. The number of ether oxygens (including phenoxy) is 1. The van der Waals surface area contributed by atoms with Gasteiger partial charge in [-0.15, -0.1) is 6.42 Å². The first-order valence-electron chi connectivity index (χ1n) is 18.1. The molecule has 1 aromatic heterocycles. The lowest BCUT2D eigenvalue weighted by atomic mass is 9.93. The zero-order valence-electron chi connectivity index (χ0n) is 32.5. The van der Waals surface area contributed by atoms with Crippen molar-refractivity contribution in [2.45, 2.75) is 45.1 Å². The predicted octanol–water partition coefficient (Wildman–Crippen LogP) is 4.22. The second-order valence-corrected chi connectivity index (χ2v) is 16.0.